The Kier molecular flexibility index (Phi) is 4.67. The van der Waals surface area contributed by atoms with Crippen molar-refractivity contribution >= 4 is 15.9 Å². The molecule has 1 aromatic carbocycles. The zero-order valence-corrected chi connectivity index (χ0v) is 12.6. The molecule has 94 valence electrons. The first-order chi connectivity index (χ1) is 8.18. The van der Waals surface area contributed by atoms with E-state index < -0.39 is 0 Å². The molecule has 1 aliphatic rings. The molecule has 0 radical (unpaired) electrons. The Morgan fingerprint density at radius 3 is 2.24 bits per heavy atom. The fraction of sp³-hybridized carbons (Fsp3) is 0.625. The lowest BCUT2D eigenvalue weighted by Gasteiger charge is -2.22. The summed E-state index contributed by atoms with van der Waals surface area (Å²) in [7, 11) is 0. The number of hydrogen-bond donors (Lipinski definition) is 0. The van der Waals surface area contributed by atoms with Crippen LogP contribution in [-0.4, -0.2) is 0 Å². The van der Waals surface area contributed by atoms with Crippen LogP contribution in [0.15, 0.2) is 18.2 Å². The van der Waals surface area contributed by atoms with E-state index in [1.165, 1.54) is 55.2 Å². The van der Waals surface area contributed by atoms with Crippen molar-refractivity contribution < 1.29 is 0 Å². The Balaban J connectivity index is 2.11. The average molecular weight is 295 g/mol. The van der Waals surface area contributed by atoms with Crippen LogP contribution in [0.5, 0.6) is 0 Å². The molecule has 0 saturated heterocycles. The van der Waals surface area contributed by atoms with E-state index in [1.807, 2.05) is 0 Å². The van der Waals surface area contributed by atoms with Crippen molar-refractivity contribution in [2.24, 2.45) is 5.92 Å². The molecule has 2 rings (SSSR count). The van der Waals surface area contributed by atoms with E-state index in [0.717, 1.165) is 5.92 Å². The van der Waals surface area contributed by atoms with Crippen molar-refractivity contribution in [1.82, 2.24) is 0 Å². The fourth-order valence-corrected chi connectivity index (χ4v) is 3.63. The Morgan fingerprint density at radius 1 is 1.00 bits per heavy atom. The van der Waals surface area contributed by atoms with Crippen LogP contribution in [0.2, 0.25) is 0 Å². The minimum atomic E-state index is 0.555. The molecule has 0 amide bonds. The van der Waals surface area contributed by atoms with E-state index >= 15 is 0 Å². The molecule has 1 heteroatoms. The molecule has 1 unspecified atom stereocenters. The van der Waals surface area contributed by atoms with Crippen LogP contribution in [0.1, 0.15) is 60.0 Å². The topological polar surface area (TPSA) is 0 Å². The molecule has 0 N–H and O–H groups in total. The SMILES string of the molecule is Cc1ccc(C(Br)C2CCCCCC2)cc1C. The summed E-state index contributed by atoms with van der Waals surface area (Å²) < 4.78 is 0. The van der Waals surface area contributed by atoms with Gasteiger partial charge in [-0.1, -0.05) is 59.8 Å². The Hall–Kier alpha value is -0.300. The largest absolute Gasteiger partial charge is 0.0836 e. The minimum Gasteiger partial charge on any atom is -0.0836 e. The maximum absolute atomic E-state index is 3.94. The molecular weight excluding hydrogens is 272 g/mol. The van der Waals surface area contributed by atoms with Crippen LogP contribution in [0.3, 0.4) is 0 Å². The third kappa shape index (κ3) is 3.34. The summed E-state index contributed by atoms with van der Waals surface area (Å²) in [6.07, 6.45) is 8.48. The van der Waals surface area contributed by atoms with Gasteiger partial charge in [-0.05, 0) is 49.3 Å². The zero-order valence-electron chi connectivity index (χ0n) is 11.0. The lowest BCUT2D eigenvalue weighted by molar-refractivity contribution is 0.454. The zero-order chi connectivity index (χ0) is 12.3. The number of benzene rings is 1. The van der Waals surface area contributed by atoms with Gasteiger partial charge < -0.3 is 0 Å². The van der Waals surface area contributed by atoms with Gasteiger partial charge in [0.1, 0.15) is 0 Å². The maximum Gasteiger partial charge on any atom is 0.0423 e. The quantitative estimate of drug-likeness (QED) is 0.484. The highest BCUT2D eigenvalue weighted by Gasteiger charge is 2.21. The normalized spacial score (nSPS) is 19.9. The number of halogens is 1. The monoisotopic (exact) mass is 294 g/mol. The standard InChI is InChI=1S/C16H23Br/c1-12-9-10-15(11-13(12)2)16(17)14-7-5-3-4-6-8-14/h9-11,14,16H,3-8H2,1-2H3. The molecule has 0 aromatic heterocycles. The van der Waals surface area contributed by atoms with Gasteiger partial charge >= 0.3 is 0 Å². The third-order valence-corrected chi connectivity index (χ3v) is 5.44. The van der Waals surface area contributed by atoms with Gasteiger partial charge in [-0.3, -0.25) is 0 Å². The molecule has 1 atom stereocenters. The lowest BCUT2D eigenvalue weighted by Crippen LogP contribution is -2.07. The second-order valence-electron chi connectivity index (χ2n) is 5.50. The van der Waals surface area contributed by atoms with Crippen molar-refractivity contribution in [2.75, 3.05) is 0 Å². The van der Waals surface area contributed by atoms with Gasteiger partial charge in [0, 0.05) is 4.83 Å². The van der Waals surface area contributed by atoms with Gasteiger partial charge in [0.15, 0.2) is 0 Å². The highest BCUT2D eigenvalue weighted by atomic mass is 79.9. The molecule has 0 nitrogen and oxygen atoms in total. The molecule has 1 saturated carbocycles. The van der Waals surface area contributed by atoms with E-state index in [1.54, 1.807) is 0 Å². The van der Waals surface area contributed by atoms with Gasteiger partial charge in [0.2, 0.25) is 0 Å². The predicted octanol–water partition coefficient (Wildman–Crippen LogP) is 5.71. The molecule has 0 aliphatic heterocycles. The van der Waals surface area contributed by atoms with E-state index in [0.29, 0.717) is 4.83 Å². The number of hydrogen-bond acceptors (Lipinski definition) is 0. The summed E-state index contributed by atoms with van der Waals surface area (Å²) in [5.74, 6) is 0.833. The van der Waals surface area contributed by atoms with Gasteiger partial charge in [-0.25, -0.2) is 0 Å². The first-order valence-electron chi connectivity index (χ1n) is 6.89. The van der Waals surface area contributed by atoms with Crippen LogP contribution >= 0.6 is 15.9 Å². The Labute approximate surface area is 114 Å². The smallest absolute Gasteiger partial charge is 0.0423 e. The van der Waals surface area contributed by atoms with Crippen molar-refractivity contribution in [1.29, 1.82) is 0 Å². The van der Waals surface area contributed by atoms with Crippen molar-refractivity contribution in [2.45, 2.75) is 57.2 Å². The minimum absolute atomic E-state index is 0.555. The van der Waals surface area contributed by atoms with Crippen LogP contribution in [-0.2, 0) is 0 Å². The number of alkyl halides is 1. The summed E-state index contributed by atoms with van der Waals surface area (Å²) in [5, 5.41) is 0. The molecule has 0 spiro atoms. The highest BCUT2D eigenvalue weighted by Crippen LogP contribution is 2.39. The Bertz CT molecular complexity index is 362. The second-order valence-corrected chi connectivity index (χ2v) is 6.48. The van der Waals surface area contributed by atoms with Crippen molar-refractivity contribution in [3.63, 3.8) is 0 Å². The van der Waals surface area contributed by atoms with Crippen LogP contribution in [0.25, 0.3) is 0 Å². The highest BCUT2D eigenvalue weighted by molar-refractivity contribution is 9.09. The predicted molar refractivity (Wildman–Crippen MR) is 78.8 cm³/mol. The lowest BCUT2D eigenvalue weighted by atomic mass is 9.91. The number of rotatable bonds is 2. The molecular formula is C16H23Br. The molecule has 1 fully saturated rings. The van der Waals surface area contributed by atoms with Gasteiger partial charge in [-0.15, -0.1) is 0 Å². The van der Waals surface area contributed by atoms with Gasteiger partial charge in [0.25, 0.3) is 0 Å². The van der Waals surface area contributed by atoms with Gasteiger partial charge in [-0.2, -0.15) is 0 Å². The maximum atomic E-state index is 3.94. The van der Waals surface area contributed by atoms with Crippen molar-refractivity contribution in [3.8, 4) is 0 Å². The summed E-state index contributed by atoms with van der Waals surface area (Å²) in [5.41, 5.74) is 4.29. The van der Waals surface area contributed by atoms with E-state index in [2.05, 4.69) is 48.0 Å². The summed E-state index contributed by atoms with van der Waals surface area (Å²) >= 11 is 3.94. The number of aryl methyl sites for hydroxylation is 2. The first-order valence-corrected chi connectivity index (χ1v) is 7.81. The second kappa shape index (κ2) is 6.04. The van der Waals surface area contributed by atoms with E-state index in [9.17, 15) is 0 Å². The first kappa shape index (κ1) is 13.1. The van der Waals surface area contributed by atoms with Crippen LogP contribution in [0, 0.1) is 19.8 Å². The average Bonchev–Trinajstić information content (AvgIpc) is 2.60. The fourth-order valence-electron chi connectivity index (χ4n) is 2.81. The molecule has 1 aliphatic carbocycles. The molecule has 1 aromatic rings. The molecule has 17 heavy (non-hydrogen) atoms. The van der Waals surface area contributed by atoms with Crippen LogP contribution in [0.4, 0.5) is 0 Å². The van der Waals surface area contributed by atoms with Crippen molar-refractivity contribution in [3.05, 3.63) is 34.9 Å². The Morgan fingerprint density at radius 2 is 1.65 bits per heavy atom. The molecule has 0 heterocycles. The summed E-state index contributed by atoms with van der Waals surface area (Å²) in [6.45, 7) is 4.40. The molecule has 0 bridgehead atoms. The van der Waals surface area contributed by atoms with E-state index in [-0.39, 0.29) is 0 Å². The third-order valence-electron chi connectivity index (χ3n) is 4.16. The summed E-state index contributed by atoms with van der Waals surface area (Å²) in [4.78, 5) is 0.555. The van der Waals surface area contributed by atoms with Crippen LogP contribution < -0.4 is 0 Å². The summed E-state index contributed by atoms with van der Waals surface area (Å²) in [6, 6.07) is 6.92. The van der Waals surface area contributed by atoms with E-state index in [4.69, 9.17) is 0 Å². The van der Waals surface area contributed by atoms with Gasteiger partial charge in [0.05, 0.1) is 0 Å².